The molecule has 2 N–H and O–H groups in total. The summed E-state index contributed by atoms with van der Waals surface area (Å²) in [6.45, 7) is 5.65. The Hall–Kier alpha value is -1.59. The van der Waals surface area contributed by atoms with Crippen LogP contribution in [0.15, 0.2) is 24.3 Å². The van der Waals surface area contributed by atoms with Crippen molar-refractivity contribution in [2.24, 2.45) is 11.7 Å². The molecule has 1 aromatic carbocycles. The summed E-state index contributed by atoms with van der Waals surface area (Å²) in [4.78, 5) is 14.4. The number of nitrogens with zero attached hydrogens (tertiary/aromatic N) is 1. The highest BCUT2D eigenvalue weighted by atomic mass is 16.5. The van der Waals surface area contributed by atoms with E-state index >= 15 is 0 Å². The third-order valence-corrected chi connectivity index (χ3v) is 4.26. The molecule has 1 fully saturated rings. The lowest BCUT2D eigenvalue weighted by Gasteiger charge is -2.25. The number of nitrogens with two attached hydrogens (primary N) is 1. The number of likely N-dealkylation sites (tertiary alicyclic amines) is 1. The van der Waals surface area contributed by atoms with Crippen LogP contribution in [-0.2, 0) is 16.1 Å². The van der Waals surface area contributed by atoms with Gasteiger partial charge in [0.1, 0.15) is 11.9 Å². The summed E-state index contributed by atoms with van der Waals surface area (Å²) < 4.78 is 10.9. The number of hydrogen-bond donors (Lipinski definition) is 1. The summed E-state index contributed by atoms with van der Waals surface area (Å²) in [7, 11) is 1.63. The first-order valence-corrected chi connectivity index (χ1v) is 7.80. The zero-order chi connectivity index (χ0) is 16.1. The molecule has 0 radical (unpaired) electrons. The van der Waals surface area contributed by atoms with Gasteiger partial charge in [0, 0.05) is 12.6 Å². The molecule has 1 heterocycles. The van der Waals surface area contributed by atoms with E-state index in [1.165, 1.54) is 0 Å². The van der Waals surface area contributed by atoms with Crippen molar-refractivity contribution in [1.29, 1.82) is 0 Å². The molecular weight excluding hydrogens is 280 g/mol. The quantitative estimate of drug-likeness (QED) is 0.870. The van der Waals surface area contributed by atoms with Gasteiger partial charge in [0.2, 0.25) is 0 Å². The molecule has 1 saturated heterocycles. The summed E-state index contributed by atoms with van der Waals surface area (Å²) >= 11 is 0. The van der Waals surface area contributed by atoms with Gasteiger partial charge in [-0.3, -0.25) is 4.79 Å². The van der Waals surface area contributed by atoms with Crippen LogP contribution in [-0.4, -0.2) is 43.2 Å². The normalized spacial score (nSPS) is 22.6. The molecule has 1 aliphatic heterocycles. The lowest BCUT2D eigenvalue weighted by atomic mass is 10.1. The number of amides is 1. The van der Waals surface area contributed by atoms with E-state index < -0.39 is 6.10 Å². The number of methoxy groups -OCH3 is 1. The molecule has 0 saturated carbocycles. The van der Waals surface area contributed by atoms with E-state index in [2.05, 4.69) is 6.92 Å². The van der Waals surface area contributed by atoms with Gasteiger partial charge in [0.15, 0.2) is 0 Å². The molecule has 1 aliphatic rings. The zero-order valence-corrected chi connectivity index (χ0v) is 13.6. The minimum Gasteiger partial charge on any atom is -0.497 e. The Balaban J connectivity index is 1.88. The Labute approximate surface area is 132 Å². The van der Waals surface area contributed by atoms with Gasteiger partial charge in [-0.15, -0.1) is 0 Å². The van der Waals surface area contributed by atoms with E-state index in [1.54, 1.807) is 7.11 Å². The molecule has 0 aliphatic carbocycles. The predicted molar refractivity (Wildman–Crippen MR) is 85.6 cm³/mol. The molecule has 3 atom stereocenters. The van der Waals surface area contributed by atoms with Crippen LogP contribution in [0.5, 0.6) is 5.75 Å². The van der Waals surface area contributed by atoms with Crippen LogP contribution in [0, 0.1) is 5.92 Å². The second-order valence-corrected chi connectivity index (χ2v) is 5.98. The fourth-order valence-corrected chi connectivity index (χ4v) is 2.91. The lowest BCUT2D eigenvalue weighted by Crippen LogP contribution is -2.41. The summed E-state index contributed by atoms with van der Waals surface area (Å²) in [5.41, 5.74) is 6.71. The van der Waals surface area contributed by atoms with Crippen LogP contribution >= 0.6 is 0 Å². The molecule has 0 bridgehead atoms. The van der Waals surface area contributed by atoms with Gasteiger partial charge in [-0.2, -0.15) is 0 Å². The molecule has 2 rings (SSSR count). The highest BCUT2D eigenvalue weighted by Crippen LogP contribution is 2.23. The summed E-state index contributed by atoms with van der Waals surface area (Å²) in [6.07, 6.45) is 0.523. The summed E-state index contributed by atoms with van der Waals surface area (Å²) in [5, 5.41) is 0. The van der Waals surface area contributed by atoms with Crippen molar-refractivity contribution >= 4 is 5.91 Å². The van der Waals surface area contributed by atoms with Crippen molar-refractivity contribution < 1.29 is 14.3 Å². The smallest absolute Gasteiger partial charge is 0.251 e. The fourth-order valence-electron chi connectivity index (χ4n) is 2.91. The maximum atomic E-state index is 12.5. The van der Waals surface area contributed by atoms with Gasteiger partial charge < -0.3 is 20.1 Å². The van der Waals surface area contributed by atoms with Crippen LogP contribution in [0.2, 0.25) is 0 Å². The minimum absolute atomic E-state index is 0.0475. The average molecular weight is 306 g/mol. The van der Waals surface area contributed by atoms with E-state index in [9.17, 15) is 4.79 Å². The molecule has 0 spiro atoms. The zero-order valence-electron chi connectivity index (χ0n) is 13.6. The Morgan fingerprint density at radius 2 is 2.27 bits per heavy atom. The number of hydrogen-bond acceptors (Lipinski definition) is 4. The van der Waals surface area contributed by atoms with Crippen LogP contribution in [0.1, 0.15) is 25.8 Å². The van der Waals surface area contributed by atoms with E-state index in [0.29, 0.717) is 19.1 Å². The molecular formula is C17H26N2O3. The van der Waals surface area contributed by atoms with Gasteiger partial charge in [0.25, 0.3) is 5.91 Å². The van der Waals surface area contributed by atoms with E-state index in [-0.39, 0.29) is 11.9 Å². The van der Waals surface area contributed by atoms with E-state index in [0.717, 1.165) is 24.3 Å². The Bertz CT molecular complexity index is 506. The van der Waals surface area contributed by atoms with Gasteiger partial charge in [-0.25, -0.2) is 0 Å². The maximum absolute atomic E-state index is 12.5. The van der Waals surface area contributed by atoms with E-state index in [4.69, 9.17) is 15.2 Å². The number of carbonyl (C=O) groups excluding carboxylic acids is 1. The Kier molecular flexibility index (Phi) is 5.80. The Morgan fingerprint density at radius 3 is 2.91 bits per heavy atom. The SMILES string of the molecule is COc1cccc(COC(C)C(=O)N2CC(CN)CC2C)c1. The average Bonchev–Trinajstić information content (AvgIpc) is 2.93. The van der Waals surface area contributed by atoms with Crippen LogP contribution in [0.25, 0.3) is 0 Å². The first-order chi connectivity index (χ1) is 10.5. The third-order valence-electron chi connectivity index (χ3n) is 4.26. The largest absolute Gasteiger partial charge is 0.497 e. The first kappa shape index (κ1) is 16.8. The van der Waals surface area contributed by atoms with Gasteiger partial charge in [0.05, 0.1) is 13.7 Å². The molecule has 122 valence electrons. The Morgan fingerprint density at radius 1 is 1.50 bits per heavy atom. The fraction of sp³-hybridized carbons (Fsp3) is 0.588. The number of benzene rings is 1. The molecule has 5 nitrogen and oxygen atoms in total. The van der Waals surface area contributed by atoms with Crippen molar-refractivity contribution in [2.75, 3.05) is 20.2 Å². The van der Waals surface area contributed by atoms with Gasteiger partial charge in [-0.05, 0) is 50.4 Å². The number of carbonyl (C=O) groups is 1. The lowest BCUT2D eigenvalue weighted by molar-refractivity contribution is -0.144. The molecule has 5 heteroatoms. The molecule has 0 aromatic heterocycles. The molecule has 1 aromatic rings. The summed E-state index contributed by atoms with van der Waals surface area (Å²) in [6, 6.07) is 7.92. The topological polar surface area (TPSA) is 64.8 Å². The maximum Gasteiger partial charge on any atom is 0.251 e. The molecule has 3 unspecified atom stereocenters. The van der Waals surface area contributed by atoms with Crippen molar-refractivity contribution in [3.8, 4) is 5.75 Å². The predicted octanol–water partition coefficient (Wildman–Crippen LogP) is 1.80. The van der Waals surface area contributed by atoms with Crippen LogP contribution in [0.4, 0.5) is 0 Å². The highest BCUT2D eigenvalue weighted by Gasteiger charge is 2.33. The van der Waals surface area contributed by atoms with Crippen molar-refractivity contribution in [1.82, 2.24) is 4.90 Å². The molecule has 1 amide bonds. The van der Waals surface area contributed by atoms with Crippen molar-refractivity contribution in [3.05, 3.63) is 29.8 Å². The standard InChI is InChI=1S/C17H26N2O3/c1-12-7-15(9-18)10-19(12)17(20)13(2)22-11-14-5-4-6-16(8-14)21-3/h4-6,8,12-13,15H,7,9-11,18H2,1-3H3. The third kappa shape index (κ3) is 3.99. The van der Waals surface area contributed by atoms with E-state index in [1.807, 2.05) is 36.1 Å². The monoisotopic (exact) mass is 306 g/mol. The second kappa shape index (κ2) is 7.61. The minimum atomic E-state index is -0.454. The van der Waals surface area contributed by atoms with Crippen LogP contribution in [0.3, 0.4) is 0 Å². The van der Waals surface area contributed by atoms with Gasteiger partial charge >= 0.3 is 0 Å². The highest BCUT2D eigenvalue weighted by molar-refractivity contribution is 5.81. The van der Waals surface area contributed by atoms with Gasteiger partial charge in [-0.1, -0.05) is 12.1 Å². The number of ether oxygens (including phenoxy) is 2. The van der Waals surface area contributed by atoms with Crippen molar-refractivity contribution in [3.63, 3.8) is 0 Å². The molecule has 22 heavy (non-hydrogen) atoms. The summed E-state index contributed by atoms with van der Waals surface area (Å²) in [5.74, 6) is 1.25. The second-order valence-electron chi connectivity index (χ2n) is 5.98. The first-order valence-electron chi connectivity index (χ1n) is 7.80. The number of rotatable bonds is 6. The van der Waals surface area contributed by atoms with Crippen LogP contribution < -0.4 is 10.5 Å². The van der Waals surface area contributed by atoms with Crippen molar-refractivity contribution in [2.45, 2.75) is 39.0 Å².